The molecule has 2 nitrogen and oxygen atoms in total. The zero-order chi connectivity index (χ0) is 22.6. The molecule has 2 aromatic rings. The van der Waals surface area contributed by atoms with Gasteiger partial charge < -0.3 is 11.1 Å². The van der Waals surface area contributed by atoms with Gasteiger partial charge in [0.05, 0.1) is 11.1 Å². The first kappa shape index (κ1) is 23.6. The van der Waals surface area contributed by atoms with Crippen LogP contribution in [0.3, 0.4) is 0 Å². The minimum atomic E-state index is -4.87. The van der Waals surface area contributed by atoms with Crippen LogP contribution in [0.15, 0.2) is 42.5 Å². The summed E-state index contributed by atoms with van der Waals surface area (Å²) in [5.74, 6) is 0.0650. The zero-order valence-electron chi connectivity index (χ0n) is 17.0. The van der Waals surface area contributed by atoms with Crippen molar-refractivity contribution in [3.05, 3.63) is 59.2 Å². The number of benzene rings is 2. The molecule has 0 saturated heterocycles. The number of hydrogen-bond acceptors (Lipinski definition) is 2. The highest BCUT2D eigenvalue weighted by Gasteiger charge is 2.37. The number of nitrogens with one attached hydrogen (secondary N) is 1. The molecule has 2 aromatic carbocycles. The van der Waals surface area contributed by atoms with Gasteiger partial charge in [0, 0.05) is 6.04 Å². The van der Waals surface area contributed by atoms with Crippen LogP contribution in [0.2, 0.25) is 0 Å². The van der Waals surface area contributed by atoms with E-state index in [-0.39, 0.29) is 17.5 Å². The first-order valence-corrected chi connectivity index (χ1v) is 10.4. The highest BCUT2D eigenvalue weighted by atomic mass is 19.4. The number of rotatable bonds is 7. The average Bonchev–Trinajstić information content (AvgIpc) is 3.23. The molecular weight excluding hydrogens is 418 g/mol. The molecule has 0 heterocycles. The molecular formula is C23H26F6N2. The first-order chi connectivity index (χ1) is 14.6. The highest BCUT2D eigenvalue weighted by molar-refractivity contribution is 5.66. The molecule has 1 unspecified atom stereocenters. The molecule has 3 rings (SSSR count). The Kier molecular flexibility index (Phi) is 7.31. The Balaban J connectivity index is 1.78. The van der Waals surface area contributed by atoms with Crippen LogP contribution >= 0.6 is 0 Å². The molecule has 170 valence electrons. The minimum Gasteiger partial charge on any atom is -0.330 e. The number of alkyl halides is 6. The van der Waals surface area contributed by atoms with E-state index in [1.54, 1.807) is 24.3 Å². The monoisotopic (exact) mass is 444 g/mol. The van der Waals surface area contributed by atoms with E-state index in [0.717, 1.165) is 30.7 Å². The van der Waals surface area contributed by atoms with E-state index in [0.29, 0.717) is 18.2 Å². The Morgan fingerprint density at radius 2 is 1.39 bits per heavy atom. The normalized spacial score (nSPS) is 16.6. The SMILES string of the molecule is NCC(CCNC1CCCC1)c1ccc(-c2cc(C(F)(F)F)cc(C(F)(F)F)c2)cc1. The summed E-state index contributed by atoms with van der Waals surface area (Å²) in [6.45, 7) is 1.23. The van der Waals surface area contributed by atoms with Gasteiger partial charge in [-0.3, -0.25) is 0 Å². The van der Waals surface area contributed by atoms with Gasteiger partial charge in [0.25, 0.3) is 0 Å². The molecule has 0 radical (unpaired) electrons. The van der Waals surface area contributed by atoms with Crippen LogP contribution in [0.25, 0.3) is 11.1 Å². The lowest BCUT2D eigenvalue weighted by Crippen LogP contribution is -2.29. The van der Waals surface area contributed by atoms with E-state index in [9.17, 15) is 26.3 Å². The molecule has 1 aliphatic carbocycles. The van der Waals surface area contributed by atoms with Crippen molar-refractivity contribution in [2.24, 2.45) is 5.73 Å². The largest absolute Gasteiger partial charge is 0.416 e. The summed E-state index contributed by atoms with van der Waals surface area (Å²) in [4.78, 5) is 0. The maximum Gasteiger partial charge on any atom is 0.416 e. The molecule has 1 atom stereocenters. The summed E-state index contributed by atoms with van der Waals surface area (Å²) in [7, 11) is 0. The number of nitrogens with two attached hydrogens (primary N) is 1. The Labute approximate surface area is 177 Å². The topological polar surface area (TPSA) is 38.0 Å². The van der Waals surface area contributed by atoms with Gasteiger partial charge in [-0.2, -0.15) is 26.3 Å². The fraction of sp³-hybridized carbons (Fsp3) is 0.478. The van der Waals surface area contributed by atoms with Crippen molar-refractivity contribution >= 4 is 0 Å². The fourth-order valence-electron chi connectivity index (χ4n) is 4.08. The second kappa shape index (κ2) is 9.61. The maximum absolute atomic E-state index is 13.1. The standard InChI is InChI=1S/C23H26F6N2/c24-22(25,26)19-11-18(12-20(13-19)23(27,28)29)16-7-5-15(6-8-16)17(14-30)9-10-31-21-3-1-2-4-21/h5-8,11-13,17,21,31H,1-4,9-10,14,30H2. The Morgan fingerprint density at radius 1 is 0.839 bits per heavy atom. The summed E-state index contributed by atoms with van der Waals surface area (Å²) >= 11 is 0. The lowest BCUT2D eigenvalue weighted by Gasteiger charge is -2.19. The lowest BCUT2D eigenvalue weighted by atomic mass is 9.92. The van der Waals surface area contributed by atoms with Crippen molar-refractivity contribution in [2.45, 2.75) is 56.4 Å². The summed E-state index contributed by atoms with van der Waals surface area (Å²) in [6, 6.07) is 8.75. The van der Waals surface area contributed by atoms with Crippen LogP contribution in [0, 0.1) is 0 Å². The van der Waals surface area contributed by atoms with Crippen LogP contribution in [0.5, 0.6) is 0 Å². The molecule has 0 aromatic heterocycles. The second-order valence-electron chi connectivity index (χ2n) is 8.07. The first-order valence-electron chi connectivity index (χ1n) is 10.4. The van der Waals surface area contributed by atoms with Gasteiger partial charge in [0.1, 0.15) is 0 Å². The van der Waals surface area contributed by atoms with Crippen molar-refractivity contribution in [2.75, 3.05) is 13.1 Å². The Hall–Kier alpha value is -2.06. The summed E-state index contributed by atoms with van der Waals surface area (Å²) in [5, 5.41) is 3.53. The van der Waals surface area contributed by atoms with Crippen molar-refractivity contribution in [3.63, 3.8) is 0 Å². The Bertz CT molecular complexity index is 820. The molecule has 0 aliphatic heterocycles. The molecule has 1 saturated carbocycles. The predicted octanol–water partition coefficient (Wildman–Crippen LogP) is 6.36. The molecule has 8 heteroatoms. The Morgan fingerprint density at radius 3 is 1.87 bits per heavy atom. The number of hydrogen-bond donors (Lipinski definition) is 2. The van der Waals surface area contributed by atoms with Crippen molar-refractivity contribution in [1.82, 2.24) is 5.32 Å². The molecule has 3 N–H and O–H groups in total. The van der Waals surface area contributed by atoms with E-state index >= 15 is 0 Å². The lowest BCUT2D eigenvalue weighted by molar-refractivity contribution is -0.143. The van der Waals surface area contributed by atoms with Crippen molar-refractivity contribution in [3.8, 4) is 11.1 Å². The van der Waals surface area contributed by atoms with Crippen LogP contribution in [0.4, 0.5) is 26.3 Å². The van der Waals surface area contributed by atoms with Gasteiger partial charge in [-0.25, -0.2) is 0 Å². The van der Waals surface area contributed by atoms with Crippen molar-refractivity contribution in [1.29, 1.82) is 0 Å². The fourth-order valence-corrected chi connectivity index (χ4v) is 4.08. The van der Waals surface area contributed by atoms with Crippen molar-refractivity contribution < 1.29 is 26.3 Å². The van der Waals surface area contributed by atoms with E-state index in [4.69, 9.17) is 5.73 Å². The summed E-state index contributed by atoms with van der Waals surface area (Å²) in [5.41, 5.74) is 4.35. The maximum atomic E-state index is 13.1. The highest BCUT2D eigenvalue weighted by Crippen LogP contribution is 2.38. The summed E-state index contributed by atoms with van der Waals surface area (Å²) in [6.07, 6.45) is -4.08. The van der Waals surface area contributed by atoms with E-state index in [2.05, 4.69) is 5.32 Å². The van der Waals surface area contributed by atoms with Gasteiger partial charge in [-0.05, 0) is 73.2 Å². The smallest absolute Gasteiger partial charge is 0.330 e. The molecule has 1 aliphatic rings. The van der Waals surface area contributed by atoms with E-state index in [1.807, 2.05) is 0 Å². The average molecular weight is 444 g/mol. The predicted molar refractivity (Wildman–Crippen MR) is 109 cm³/mol. The molecule has 31 heavy (non-hydrogen) atoms. The van der Waals surface area contributed by atoms with Crippen LogP contribution in [-0.4, -0.2) is 19.1 Å². The summed E-state index contributed by atoms with van der Waals surface area (Å²) < 4.78 is 78.7. The third-order valence-corrected chi connectivity index (χ3v) is 5.87. The van der Waals surface area contributed by atoms with Gasteiger partial charge in [-0.15, -0.1) is 0 Å². The molecule has 0 bridgehead atoms. The third-order valence-electron chi connectivity index (χ3n) is 5.87. The van der Waals surface area contributed by atoms with E-state index < -0.39 is 23.5 Å². The molecule has 0 amide bonds. The number of halogens is 6. The molecule has 1 fully saturated rings. The van der Waals surface area contributed by atoms with Crippen LogP contribution < -0.4 is 11.1 Å². The van der Waals surface area contributed by atoms with Gasteiger partial charge in [-0.1, -0.05) is 37.1 Å². The second-order valence-corrected chi connectivity index (χ2v) is 8.07. The van der Waals surface area contributed by atoms with Gasteiger partial charge >= 0.3 is 12.4 Å². The van der Waals surface area contributed by atoms with Gasteiger partial charge in [0.2, 0.25) is 0 Å². The quantitative estimate of drug-likeness (QED) is 0.488. The minimum absolute atomic E-state index is 0.0650. The zero-order valence-corrected chi connectivity index (χ0v) is 17.0. The molecule has 0 spiro atoms. The third kappa shape index (κ3) is 6.23. The van der Waals surface area contributed by atoms with Crippen LogP contribution in [0.1, 0.15) is 54.7 Å². The van der Waals surface area contributed by atoms with E-state index in [1.165, 1.54) is 25.7 Å². The van der Waals surface area contributed by atoms with Gasteiger partial charge in [0.15, 0.2) is 0 Å². The van der Waals surface area contributed by atoms with Crippen LogP contribution in [-0.2, 0) is 12.4 Å².